The molecule has 0 spiro atoms. The third kappa shape index (κ3) is 1.92. The van der Waals surface area contributed by atoms with Gasteiger partial charge in [0, 0.05) is 0 Å². The van der Waals surface area contributed by atoms with E-state index >= 15 is 0 Å². The molecular weight excluding hydrogens is 330 g/mol. The van der Waals surface area contributed by atoms with E-state index in [-0.39, 0.29) is 24.8 Å². The minimum Gasteiger partial charge on any atom is -0.456 e. The summed E-state index contributed by atoms with van der Waals surface area (Å²) in [6, 6.07) is 5.21. The molecule has 4 heterocycles. The van der Waals surface area contributed by atoms with Gasteiger partial charge in [0.25, 0.3) is 5.56 Å². The molecule has 0 fully saturated rings. The second-order valence-corrected chi connectivity index (χ2v) is 5.84. The molecule has 3 aliphatic rings. The number of fused-ring (bicyclic) bond motifs is 2. The number of hydrogen-bond donors (Lipinski definition) is 3. The average molecular weight is 341 g/mol. The molecule has 9 nitrogen and oxygen atoms in total. The third-order valence-electron chi connectivity index (χ3n) is 4.46. The normalized spacial score (nSPS) is 20.0. The number of hydrogen-bond acceptors (Lipinski definition) is 7. The average Bonchev–Trinajstić information content (AvgIpc) is 3.19. The zero-order chi connectivity index (χ0) is 17.1. The Morgan fingerprint density at radius 2 is 1.84 bits per heavy atom. The van der Waals surface area contributed by atoms with E-state index in [9.17, 15) is 14.4 Å². The number of anilines is 1. The zero-order valence-electron chi connectivity index (χ0n) is 12.7. The Morgan fingerprint density at radius 3 is 2.72 bits per heavy atom. The topological polar surface area (TPSA) is 123 Å². The van der Waals surface area contributed by atoms with Crippen molar-refractivity contribution >= 4 is 11.8 Å². The van der Waals surface area contributed by atoms with Gasteiger partial charge in [0.2, 0.25) is 6.79 Å². The van der Waals surface area contributed by atoms with Gasteiger partial charge in [-0.3, -0.25) is 14.8 Å². The maximum Gasteiger partial charge on any atom is 0.337 e. The number of cyclic esters (lactones) is 1. The van der Waals surface area contributed by atoms with Crippen LogP contribution in [-0.2, 0) is 9.53 Å². The second-order valence-electron chi connectivity index (χ2n) is 5.84. The molecule has 0 aliphatic carbocycles. The quantitative estimate of drug-likeness (QED) is 0.632. The molecule has 1 aromatic carbocycles. The summed E-state index contributed by atoms with van der Waals surface area (Å²) in [6.07, 6.45) is 0. The maximum absolute atomic E-state index is 12.5. The van der Waals surface area contributed by atoms with Crippen LogP contribution in [0.15, 0.2) is 39.1 Å². The summed E-state index contributed by atoms with van der Waals surface area (Å²) in [6.45, 7) is 0.176. The Hall–Kier alpha value is -3.49. The minimum absolute atomic E-state index is 0.0590. The Bertz CT molecular complexity index is 1080. The highest BCUT2D eigenvalue weighted by Crippen LogP contribution is 2.44. The van der Waals surface area contributed by atoms with E-state index in [0.29, 0.717) is 28.3 Å². The van der Waals surface area contributed by atoms with Gasteiger partial charge in [-0.05, 0) is 17.7 Å². The first-order valence-corrected chi connectivity index (χ1v) is 7.55. The number of benzene rings is 1. The smallest absolute Gasteiger partial charge is 0.337 e. The van der Waals surface area contributed by atoms with Gasteiger partial charge in [-0.2, -0.15) is 0 Å². The second kappa shape index (κ2) is 4.76. The lowest BCUT2D eigenvalue weighted by molar-refractivity contribution is -0.136. The molecule has 5 rings (SSSR count). The van der Waals surface area contributed by atoms with Crippen molar-refractivity contribution in [3.05, 3.63) is 61.4 Å². The number of aromatic nitrogens is 2. The SMILES string of the molecule is O=C1OCC2=C1C(c1ccc3c(c1)OCO3)c1c([nH]c(=O)[nH]c1=O)N2. The molecule has 2 aromatic rings. The van der Waals surface area contributed by atoms with Crippen LogP contribution in [0.1, 0.15) is 17.0 Å². The molecule has 0 saturated heterocycles. The third-order valence-corrected chi connectivity index (χ3v) is 4.46. The Labute approximate surface area is 139 Å². The molecule has 0 bridgehead atoms. The van der Waals surface area contributed by atoms with Crippen molar-refractivity contribution in [3.63, 3.8) is 0 Å². The van der Waals surface area contributed by atoms with E-state index in [0.717, 1.165) is 0 Å². The van der Waals surface area contributed by atoms with Crippen molar-refractivity contribution in [2.24, 2.45) is 0 Å². The molecule has 0 amide bonds. The zero-order valence-corrected chi connectivity index (χ0v) is 12.7. The fraction of sp³-hybridized carbons (Fsp3) is 0.188. The Kier molecular flexibility index (Phi) is 2.65. The fourth-order valence-electron chi connectivity index (χ4n) is 3.40. The van der Waals surface area contributed by atoms with Crippen LogP contribution in [0, 0.1) is 0 Å². The van der Waals surface area contributed by atoms with Crippen LogP contribution in [0.4, 0.5) is 5.82 Å². The monoisotopic (exact) mass is 341 g/mol. The lowest BCUT2D eigenvalue weighted by atomic mass is 9.83. The Balaban J connectivity index is 1.77. The number of esters is 1. The van der Waals surface area contributed by atoms with Crippen LogP contribution in [0.2, 0.25) is 0 Å². The summed E-state index contributed by atoms with van der Waals surface area (Å²) in [7, 11) is 0. The van der Waals surface area contributed by atoms with Gasteiger partial charge in [-0.1, -0.05) is 6.07 Å². The van der Waals surface area contributed by atoms with Gasteiger partial charge in [-0.25, -0.2) is 9.59 Å². The van der Waals surface area contributed by atoms with Gasteiger partial charge in [0.1, 0.15) is 12.4 Å². The van der Waals surface area contributed by atoms with Gasteiger partial charge in [0.05, 0.1) is 22.8 Å². The molecule has 3 N–H and O–H groups in total. The molecule has 0 saturated carbocycles. The van der Waals surface area contributed by atoms with Crippen molar-refractivity contribution in [1.29, 1.82) is 0 Å². The maximum atomic E-state index is 12.5. The van der Waals surface area contributed by atoms with Crippen LogP contribution in [0.3, 0.4) is 0 Å². The summed E-state index contributed by atoms with van der Waals surface area (Å²) in [5.41, 5.74) is 0.590. The van der Waals surface area contributed by atoms with Gasteiger partial charge in [-0.15, -0.1) is 0 Å². The molecule has 1 unspecified atom stereocenters. The lowest BCUT2D eigenvalue weighted by Gasteiger charge is -2.25. The van der Waals surface area contributed by atoms with Crippen LogP contribution in [-0.4, -0.2) is 29.3 Å². The van der Waals surface area contributed by atoms with Crippen LogP contribution >= 0.6 is 0 Å². The molecule has 0 radical (unpaired) electrons. The van der Waals surface area contributed by atoms with E-state index in [2.05, 4.69) is 15.3 Å². The predicted molar refractivity (Wildman–Crippen MR) is 83.7 cm³/mol. The molecule has 9 heteroatoms. The number of ether oxygens (including phenoxy) is 3. The summed E-state index contributed by atoms with van der Waals surface area (Å²) in [5.74, 6) is 0.203. The standard InChI is InChI=1S/C16H11N3O6/c20-14-12-10(6-1-2-8-9(3-6)25-5-24-8)11-7(4-23-15(11)21)17-13(12)18-16(22)19-14/h1-3,10H,4-5H2,(H3,17,18,19,20,22). The molecule has 126 valence electrons. The van der Waals surface area contributed by atoms with Crippen molar-refractivity contribution in [2.45, 2.75) is 5.92 Å². The van der Waals surface area contributed by atoms with Crippen molar-refractivity contribution < 1.29 is 19.0 Å². The number of carbonyl (C=O) groups excluding carboxylic acids is 1. The number of aromatic amines is 2. The highest BCUT2D eigenvalue weighted by atomic mass is 16.7. The van der Waals surface area contributed by atoms with E-state index < -0.39 is 23.1 Å². The molecular formula is C16H11N3O6. The lowest BCUT2D eigenvalue weighted by Crippen LogP contribution is -2.33. The predicted octanol–water partition coefficient (Wildman–Crippen LogP) is 0.160. The highest BCUT2D eigenvalue weighted by Gasteiger charge is 2.40. The summed E-state index contributed by atoms with van der Waals surface area (Å²) in [4.78, 5) is 41.1. The van der Waals surface area contributed by atoms with Crippen LogP contribution in [0.25, 0.3) is 0 Å². The van der Waals surface area contributed by atoms with Crippen LogP contribution < -0.4 is 26.0 Å². The Morgan fingerprint density at radius 1 is 1.00 bits per heavy atom. The number of H-pyrrole nitrogens is 2. The molecule has 1 aromatic heterocycles. The van der Waals surface area contributed by atoms with Gasteiger partial charge in [0.15, 0.2) is 11.5 Å². The van der Waals surface area contributed by atoms with E-state index in [1.54, 1.807) is 18.2 Å². The van der Waals surface area contributed by atoms with Crippen molar-refractivity contribution in [1.82, 2.24) is 9.97 Å². The largest absolute Gasteiger partial charge is 0.456 e. The first-order valence-electron chi connectivity index (χ1n) is 7.55. The number of rotatable bonds is 1. The molecule has 1 atom stereocenters. The molecule has 25 heavy (non-hydrogen) atoms. The summed E-state index contributed by atoms with van der Waals surface area (Å²) >= 11 is 0. The first-order chi connectivity index (χ1) is 12.1. The minimum atomic E-state index is -0.684. The van der Waals surface area contributed by atoms with Crippen LogP contribution in [0.5, 0.6) is 11.5 Å². The first kappa shape index (κ1) is 13.9. The number of nitrogens with one attached hydrogen (secondary N) is 3. The fourth-order valence-corrected chi connectivity index (χ4v) is 3.40. The van der Waals surface area contributed by atoms with E-state index in [4.69, 9.17) is 14.2 Å². The van der Waals surface area contributed by atoms with Crippen molar-refractivity contribution in [2.75, 3.05) is 18.7 Å². The highest BCUT2D eigenvalue weighted by molar-refractivity contribution is 5.96. The van der Waals surface area contributed by atoms with Gasteiger partial charge < -0.3 is 19.5 Å². The summed E-state index contributed by atoms with van der Waals surface area (Å²) in [5, 5.41) is 2.93. The van der Waals surface area contributed by atoms with Gasteiger partial charge >= 0.3 is 11.7 Å². The number of carbonyl (C=O) groups is 1. The molecule has 3 aliphatic heterocycles. The van der Waals surface area contributed by atoms with E-state index in [1.807, 2.05) is 0 Å². The van der Waals surface area contributed by atoms with Crippen molar-refractivity contribution in [3.8, 4) is 11.5 Å². The summed E-state index contributed by atoms with van der Waals surface area (Å²) < 4.78 is 15.8. The van der Waals surface area contributed by atoms with E-state index in [1.165, 1.54) is 0 Å².